The van der Waals surface area contributed by atoms with Crippen LogP contribution >= 0.6 is 11.6 Å². The highest BCUT2D eigenvalue weighted by atomic mass is 35.5. The summed E-state index contributed by atoms with van der Waals surface area (Å²) in [6.07, 6.45) is 1.19. The van der Waals surface area contributed by atoms with E-state index in [9.17, 15) is 0 Å². The van der Waals surface area contributed by atoms with Gasteiger partial charge in [0.2, 0.25) is 0 Å². The van der Waals surface area contributed by atoms with E-state index >= 15 is 0 Å². The maximum Gasteiger partial charge on any atom is 0.160 e. The lowest BCUT2D eigenvalue weighted by atomic mass is 10.1. The fraction of sp³-hybridized carbons (Fsp3) is 0.500. The maximum atomic E-state index is 5.82. The van der Waals surface area contributed by atoms with Crippen LogP contribution in [0.2, 0.25) is 0 Å². The minimum absolute atomic E-state index is 0.613. The van der Waals surface area contributed by atoms with E-state index in [2.05, 4.69) is 12.1 Å². The average Bonchev–Trinajstić information content (AvgIpc) is 3.07. The van der Waals surface area contributed by atoms with E-state index in [1.807, 2.05) is 6.07 Å². The largest absolute Gasteiger partial charge is 0.493 e. The predicted octanol–water partition coefficient (Wildman–Crippen LogP) is 3.05. The Morgan fingerprint density at radius 1 is 1.27 bits per heavy atom. The molecule has 0 amide bonds. The molecule has 1 aliphatic carbocycles. The third-order valence-corrected chi connectivity index (χ3v) is 3.35. The number of alkyl halides is 1. The first-order valence-electron chi connectivity index (χ1n) is 5.08. The number of ether oxygens (including phenoxy) is 2. The molecule has 2 unspecified atom stereocenters. The van der Waals surface area contributed by atoms with E-state index in [-0.39, 0.29) is 0 Å². The van der Waals surface area contributed by atoms with Gasteiger partial charge in [0.05, 0.1) is 14.2 Å². The zero-order valence-electron chi connectivity index (χ0n) is 9.00. The van der Waals surface area contributed by atoms with Crippen molar-refractivity contribution in [2.75, 3.05) is 20.1 Å². The van der Waals surface area contributed by atoms with E-state index < -0.39 is 0 Å². The second-order valence-corrected chi connectivity index (χ2v) is 4.18. The van der Waals surface area contributed by atoms with Gasteiger partial charge in [-0.05, 0) is 36.0 Å². The van der Waals surface area contributed by atoms with Crippen LogP contribution in [0, 0.1) is 5.92 Å². The van der Waals surface area contributed by atoms with Crippen LogP contribution in [0.4, 0.5) is 0 Å². The van der Waals surface area contributed by atoms with Gasteiger partial charge in [0.1, 0.15) is 0 Å². The van der Waals surface area contributed by atoms with Gasteiger partial charge in [0, 0.05) is 5.88 Å². The highest BCUT2D eigenvalue weighted by molar-refractivity contribution is 6.18. The third kappa shape index (κ3) is 2.05. The molecule has 15 heavy (non-hydrogen) atoms. The number of hydrogen-bond donors (Lipinski definition) is 0. The summed E-state index contributed by atoms with van der Waals surface area (Å²) in [5.74, 6) is 3.59. The molecule has 0 radical (unpaired) electrons. The first-order valence-corrected chi connectivity index (χ1v) is 5.61. The van der Waals surface area contributed by atoms with Gasteiger partial charge in [-0.2, -0.15) is 0 Å². The molecule has 1 aromatic rings. The molecular weight excluding hydrogens is 212 g/mol. The molecule has 0 bridgehead atoms. The van der Waals surface area contributed by atoms with Crippen LogP contribution in [0.1, 0.15) is 17.9 Å². The van der Waals surface area contributed by atoms with Crippen LogP contribution in [0.3, 0.4) is 0 Å². The first-order chi connectivity index (χ1) is 7.30. The molecule has 2 atom stereocenters. The van der Waals surface area contributed by atoms with Gasteiger partial charge in [0.25, 0.3) is 0 Å². The zero-order valence-corrected chi connectivity index (χ0v) is 9.75. The smallest absolute Gasteiger partial charge is 0.160 e. The van der Waals surface area contributed by atoms with Crippen LogP contribution in [0.15, 0.2) is 18.2 Å². The molecule has 0 saturated heterocycles. The molecule has 2 nitrogen and oxygen atoms in total. The summed E-state index contributed by atoms with van der Waals surface area (Å²) >= 11 is 5.82. The summed E-state index contributed by atoms with van der Waals surface area (Å²) in [5, 5.41) is 0. The standard InChI is InChI=1S/C12H15ClO2/c1-14-11-4-3-8(6-12(11)15-2)10-5-9(10)7-13/h3-4,6,9-10H,5,7H2,1-2H3. The van der Waals surface area contributed by atoms with Gasteiger partial charge >= 0.3 is 0 Å². The minimum Gasteiger partial charge on any atom is -0.493 e. The van der Waals surface area contributed by atoms with E-state index in [1.165, 1.54) is 12.0 Å². The van der Waals surface area contributed by atoms with E-state index in [1.54, 1.807) is 14.2 Å². The van der Waals surface area contributed by atoms with Gasteiger partial charge < -0.3 is 9.47 Å². The molecule has 0 heterocycles. The van der Waals surface area contributed by atoms with Crippen molar-refractivity contribution in [1.29, 1.82) is 0 Å². The fourth-order valence-electron chi connectivity index (χ4n) is 1.91. The number of methoxy groups -OCH3 is 2. The monoisotopic (exact) mass is 226 g/mol. The lowest BCUT2D eigenvalue weighted by molar-refractivity contribution is 0.354. The quantitative estimate of drug-likeness (QED) is 0.735. The second kappa shape index (κ2) is 4.31. The van der Waals surface area contributed by atoms with Crippen molar-refractivity contribution in [1.82, 2.24) is 0 Å². The molecule has 0 aromatic heterocycles. The lowest BCUT2D eigenvalue weighted by Gasteiger charge is -2.09. The van der Waals surface area contributed by atoms with Gasteiger partial charge in [-0.25, -0.2) is 0 Å². The summed E-state index contributed by atoms with van der Waals surface area (Å²) in [4.78, 5) is 0. The summed E-state index contributed by atoms with van der Waals surface area (Å²) < 4.78 is 10.5. The van der Waals surface area contributed by atoms with E-state index in [0.717, 1.165) is 17.4 Å². The lowest BCUT2D eigenvalue weighted by Crippen LogP contribution is -1.92. The van der Waals surface area contributed by atoms with Crippen molar-refractivity contribution in [2.45, 2.75) is 12.3 Å². The van der Waals surface area contributed by atoms with E-state index in [4.69, 9.17) is 21.1 Å². The Kier molecular flexibility index (Phi) is 3.06. The van der Waals surface area contributed by atoms with Crippen LogP contribution in [-0.4, -0.2) is 20.1 Å². The fourth-order valence-corrected chi connectivity index (χ4v) is 2.25. The Morgan fingerprint density at radius 3 is 2.53 bits per heavy atom. The number of rotatable bonds is 4. The zero-order chi connectivity index (χ0) is 10.8. The van der Waals surface area contributed by atoms with Crippen LogP contribution in [0.25, 0.3) is 0 Å². The second-order valence-electron chi connectivity index (χ2n) is 3.87. The molecule has 1 fully saturated rings. The Balaban J connectivity index is 2.20. The highest BCUT2D eigenvalue weighted by Crippen LogP contribution is 2.49. The van der Waals surface area contributed by atoms with Crippen molar-refractivity contribution in [3.63, 3.8) is 0 Å². The SMILES string of the molecule is COc1ccc(C2CC2CCl)cc1OC. The highest BCUT2D eigenvalue weighted by Gasteiger charge is 2.37. The number of hydrogen-bond acceptors (Lipinski definition) is 2. The molecule has 1 aliphatic rings. The molecule has 2 rings (SSSR count). The maximum absolute atomic E-state index is 5.82. The Bertz CT molecular complexity index is 351. The first kappa shape index (κ1) is 10.6. The van der Waals surface area contributed by atoms with Gasteiger partial charge in [-0.3, -0.25) is 0 Å². The third-order valence-electron chi connectivity index (χ3n) is 2.96. The predicted molar refractivity (Wildman–Crippen MR) is 61.1 cm³/mol. The summed E-state index contributed by atoms with van der Waals surface area (Å²) in [5.41, 5.74) is 1.30. The summed E-state index contributed by atoms with van der Waals surface area (Å²) in [7, 11) is 3.31. The average molecular weight is 227 g/mol. The molecule has 0 N–H and O–H groups in total. The van der Waals surface area contributed by atoms with E-state index in [0.29, 0.717) is 11.8 Å². The van der Waals surface area contributed by atoms with Crippen LogP contribution in [-0.2, 0) is 0 Å². The molecule has 3 heteroatoms. The van der Waals surface area contributed by atoms with Crippen molar-refractivity contribution in [3.8, 4) is 11.5 Å². The van der Waals surface area contributed by atoms with Crippen molar-refractivity contribution in [3.05, 3.63) is 23.8 Å². The summed E-state index contributed by atoms with van der Waals surface area (Å²) in [6.45, 7) is 0. The Labute approximate surface area is 95.1 Å². The van der Waals surface area contributed by atoms with Gasteiger partial charge in [-0.1, -0.05) is 6.07 Å². The molecule has 0 spiro atoms. The van der Waals surface area contributed by atoms with Crippen molar-refractivity contribution < 1.29 is 9.47 Å². The Hall–Kier alpha value is -0.890. The normalized spacial score (nSPS) is 23.7. The molecule has 1 saturated carbocycles. The molecule has 1 aromatic carbocycles. The number of halogens is 1. The topological polar surface area (TPSA) is 18.5 Å². The minimum atomic E-state index is 0.613. The molecule has 82 valence electrons. The number of benzene rings is 1. The van der Waals surface area contributed by atoms with Crippen LogP contribution in [0.5, 0.6) is 11.5 Å². The molecular formula is C12H15ClO2. The Morgan fingerprint density at radius 2 is 2.00 bits per heavy atom. The van der Waals surface area contributed by atoms with Crippen molar-refractivity contribution in [2.24, 2.45) is 5.92 Å². The van der Waals surface area contributed by atoms with Gasteiger partial charge in [0.15, 0.2) is 11.5 Å². The van der Waals surface area contributed by atoms with Gasteiger partial charge in [-0.15, -0.1) is 11.6 Å². The van der Waals surface area contributed by atoms with Crippen molar-refractivity contribution >= 4 is 11.6 Å². The summed E-state index contributed by atoms with van der Waals surface area (Å²) in [6, 6.07) is 6.10. The molecule has 0 aliphatic heterocycles. The van der Waals surface area contributed by atoms with Crippen LogP contribution < -0.4 is 9.47 Å².